The first-order valence-corrected chi connectivity index (χ1v) is 7.55. The summed E-state index contributed by atoms with van der Waals surface area (Å²) in [6.45, 7) is 4.96. The van der Waals surface area contributed by atoms with Crippen LogP contribution >= 0.6 is 11.8 Å². The molecule has 102 valence electrons. The van der Waals surface area contributed by atoms with E-state index >= 15 is 0 Å². The van der Waals surface area contributed by atoms with E-state index in [4.69, 9.17) is 5.73 Å². The molecule has 2 aliphatic heterocycles. The van der Waals surface area contributed by atoms with Gasteiger partial charge in [0.25, 0.3) is 0 Å². The number of hydrogen-bond donors (Lipinski definition) is 1. The number of amides is 2. The van der Waals surface area contributed by atoms with Gasteiger partial charge < -0.3 is 15.5 Å². The smallest absolute Gasteiger partial charge is 0.246 e. The molecular weight excluding hydrogens is 250 g/mol. The van der Waals surface area contributed by atoms with Crippen molar-refractivity contribution in [3.8, 4) is 0 Å². The minimum atomic E-state index is -0.272. The van der Waals surface area contributed by atoms with E-state index in [0.717, 1.165) is 18.7 Å². The Morgan fingerprint density at radius 3 is 2.67 bits per heavy atom. The van der Waals surface area contributed by atoms with Crippen LogP contribution in [0.2, 0.25) is 0 Å². The van der Waals surface area contributed by atoms with Gasteiger partial charge in [0.2, 0.25) is 11.8 Å². The molecule has 0 aromatic heterocycles. The van der Waals surface area contributed by atoms with Crippen LogP contribution in [0, 0.1) is 5.92 Å². The van der Waals surface area contributed by atoms with Gasteiger partial charge in [-0.25, -0.2) is 0 Å². The average Bonchev–Trinajstić information content (AvgIpc) is 2.94. The molecule has 2 fully saturated rings. The Labute approximate surface area is 112 Å². The topological polar surface area (TPSA) is 66.6 Å². The van der Waals surface area contributed by atoms with E-state index in [1.165, 1.54) is 6.92 Å². The van der Waals surface area contributed by atoms with E-state index in [2.05, 4.69) is 6.92 Å². The van der Waals surface area contributed by atoms with Crippen LogP contribution in [0.15, 0.2) is 0 Å². The lowest BCUT2D eigenvalue weighted by Crippen LogP contribution is -2.49. The summed E-state index contributed by atoms with van der Waals surface area (Å²) in [4.78, 5) is 27.6. The van der Waals surface area contributed by atoms with Crippen LogP contribution in [0.3, 0.4) is 0 Å². The third-order valence-corrected chi connectivity index (χ3v) is 4.86. The number of thioether (sulfide) groups is 1. The molecule has 0 aromatic carbocycles. The van der Waals surface area contributed by atoms with Crippen molar-refractivity contribution < 1.29 is 9.59 Å². The van der Waals surface area contributed by atoms with Crippen molar-refractivity contribution in [3.05, 3.63) is 0 Å². The monoisotopic (exact) mass is 271 g/mol. The van der Waals surface area contributed by atoms with E-state index in [0.29, 0.717) is 18.3 Å². The molecule has 0 saturated carbocycles. The van der Waals surface area contributed by atoms with Crippen molar-refractivity contribution >= 4 is 23.6 Å². The summed E-state index contributed by atoms with van der Waals surface area (Å²) in [7, 11) is 0. The number of likely N-dealkylation sites (tertiary alicyclic amines) is 1. The van der Waals surface area contributed by atoms with E-state index in [-0.39, 0.29) is 23.9 Å². The summed E-state index contributed by atoms with van der Waals surface area (Å²) in [5, 5.41) is 0. The fourth-order valence-corrected chi connectivity index (χ4v) is 3.98. The summed E-state index contributed by atoms with van der Waals surface area (Å²) in [6, 6.07) is -0.0306. The summed E-state index contributed by atoms with van der Waals surface area (Å²) < 4.78 is 0. The number of nitrogens with two attached hydrogens (primary N) is 1. The highest BCUT2D eigenvalue weighted by Gasteiger charge is 2.40. The van der Waals surface area contributed by atoms with Crippen molar-refractivity contribution in [2.75, 3.05) is 24.7 Å². The van der Waals surface area contributed by atoms with Gasteiger partial charge in [0.15, 0.2) is 0 Å². The van der Waals surface area contributed by atoms with Crippen molar-refractivity contribution in [2.24, 2.45) is 11.7 Å². The van der Waals surface area contributed by atoms with Gasteiger partial charge in [0.1, 0.15) is 6.04 Å². The second kappa shape index (κ2) is 5.48. The summed E-state index contributed by atoms with van der Waals surface area (Å²) in [5.41, 5.74) is 5.68. The normalized spacial score (nSPS) is 32.1. The van der Waals surface area contributed by atoms with E-state index in [9.17, 15) is 9.59 Å². The van der Waals surface area contributed by atoms with Gasteiger partial charge in [-0.2, -0.15) is 0 Å². The van der Waals surface area contributed by atoms with Gasteiger partial charge in [-0.15, -0.1) is 11.8 Å². The molecular formula is C12H21N3O2S. The fourth-order valence-electron chi connectivity index (χ4n) is 2.77. The third kappa shape index (κ3) is 2.49. The molecule has 0 bridgehead atoms. The van der Waals surface area contributed by atoms with Crippen LogP contribution in [-0.2, 0) is 9.59 Å². The maximum Gasteiger partial charge on any atom is 0.246 e. The molecule has 5 nitrogen and oxygen atoms in total. The molecule has 6 heteroatoms. The van der Waals surface area contributed by atoms with Crippen LogP contribution in [0.25, 0.3) is 0 Å². The number of carbonyl (C=O) groups is 2. The zero-order valence-electron chi connectivity index (χ0n) is 11.0. The number of rotatable bonds is 2. The SMILES string of the molecule is CC(=O)N1CSCC1C(=O)N1CC(CN)CC1C. The van der Waals surface area contributed by atoms with Crippen LogP contribution < -0.4 is 5.73 Å². The van der Waals surface area contributed by atoms with Crippen molar-refractivity contribution in [2.45, 2.75) is 32.4 Å². The van der Waals surface area contributed by atoms with E-state index in [1.54, 1.807) is 16.7 Å². The Morgan fingerprint density at radius 2 is 2.11 bits per heavy atom. The molecule has 2 N–H and O–H groups in total. The zero-order chi connectivity index (χ0) is 13.3. The van der Waals surface area contributed by atoms with Gasteiger partial charge in [-0.1, -0.05) is 0 Å². The number of nitrogens with zero attached hydrogens (tertiary/aromatic N) is 2. The first-order valence-electron chi connectivity index (χ1n) is 6.40. The summed E-state index contributed by atoms with van der Waals surface area (Å²) >= 11 is 1.65. The Bertz CT molecular complexity index is 350. The van der Waals surface area contributed by atoms with Crippen LogP contribution in [0.1, 0.15) is 20.3 Å². The number of carbonyl (C=O) groups excluding carboxylic acids is 2. The lowest BCUT2D eigenvalue weighted by molar-refractivity contribution is -0.142. The molecule has 2 heterocycles. The first kappa shape index (κ1) is 13.7. The molecule has 0 radical (unpaired) electrons. The van der Waals surface area contributed by atoms with Crippen molar-refractivity contribution in [3.63, 3.8) is 0 Å². The van der Waals surface area contributed by atoms with Gasteiger partial charge in [-0.3, -0.25) is 9.59 Å². The lowest BCUT2D eigenvalue weighted by atomic mass is 10.1. The van der Waals surface area contributed by atoms with E-state index in [1.807, 2.05) is 4.90 Å². The summed E-state index contributed by atoms with van der Waals surface area (Å²) in [5.74, 6) is 1.84. The molecule has 18 heavy (non-hydrogen) atoms. The molecule has 0 aromatic rings. The van der Waals surface area contributed by atoms with Crippen LogP contribution in [0.4, 0.5) is 0 Å². The predicted molar refractivity (Wildman–Crippen MR) is 72.0 cm³/mol. The molecule has 2 rings (SSSR count). The highest BCUT2D eigenvalue weighted by molar-refractivity contribution is 7.99. The highest BCUT2D eigenvalue weighted by Crippen LogP contribution is 2.27. The van der Waals surface area contributed by atoms with Crippen molar-refractivity contribution in [1.82, 2.24) is 9.80 Å². The molecule has 3 atom stereocenters. The Balaban J connectivity index is 2.05. The third-order valence-electron chi connectivity index (χ3n) is 3.85. The Hall–Kier alpha value is -0.750. The summed E-state index contributed by atoms with van der Waals surface area (Å²) in [6.07, 6.45) is 0.974. The molecule has 2 aliphatic rings. The largest absolute Gasteiger partial charge is 0.338 e. The Morgan fingerprint density at radius 1 is 1.39 bits per heavy atom. The van der Waals surface area contributed by atoms with Gasteiger partial charge >= 0.3 is 0 Å². The molecule has 3 unspecified atom stereocenters. The minimum Gasteiger partial charge on any atom is -0.338 e. The second-order valence-electron chi connectivity index (χ2n) is 5.18. The first-order chi connectivity index (χ1) is 8.54. The van der Waals surface area contributed by atoms with Gasteiger partial charge in [-0.05, 0) is 25.8 Å². The van der Waals surface area contributed by atoms with Gasteiger partial charge in [0, 0.05) is 25.3 Å². The van der Waals surface area contributed by atoms with Gasteiger partial charge in [0.05, 0.1) is 5.88 Å². The quantitative estimate of drug-likeness (QED) is 0.774. The lowest BCUT2D eigenvalue weighted by Gasteiger charge is -2.29. The maximum atomic E-state index is 12.5. The minimum absolute atomic E-state index is 0.0134. The van der Waals surface area contributed by atoms with Crippen molar-refractivity contribution in [1.29, 1.82) is 0 Å². The number of hydrogen-bond acceptors (Lipinski definition) is 4. The highest BCUT2D eigenvalue weighted by atomic mass is 32.2. The molecule has 2 amide bonds. The standard InChI is InChI=1S/C12H21N3O2S/c1-8-3-10(4-13)5-14(8)12(17)11-6-18-7-15(11)9(2)16/h8,10-11H,3-7,13H2,1-2H3. The maximum absolute atomic E-state index is 12.5. The zero-order valence-corrected chi connectivity index (χ0v) is 11.8. The fraction of sp³-hybridized carbons (Fsp3) is 0.833. The van der Waals surface area contributed by atoms with Crippen LogP contribution in [0.5, 0.6) is 0 Å². The molecule has 0 aliphatic carbocycles. The average molecular weight is 271 g/mol. The molecule has 0 spiro atoms. The predicted octanol–water partition coefficient (Wildman–Crippen LogP) is 0.104. The molecule has 2 saturated heterocycles. The second-order valence-corrected chi connectivity index (χ2v) is 6.18. The van der Waals surface area contributed by atoms with E-state index < -0.39 is 0 Å². The Kier molecular flexibility index (Phi) is 4.17. The van der Waals surface area contributed by atoms with Crippen LogP contribution in [-0.4, -0.2) is 58.4 Å².